The van der Waals surface area contributed by atoms with Crippen molar-refractivity contribution in [1.29, 1.82) is 0 Å². The van der Waals surface area contributed by atoms with E-state index in [-0.39, 0.29) is 5.78 Å². The molecule has 1 aromatic rings. The van der Waals surface area contributed by atoms with E-state index in [0.29, 0.717) is 22.8 Å². The molecule has 0 N–H and O–H groups in total. The van der Waals surface area contributed by atoms with Gasteiger partial charge in [-0.05, 0) is 40.4 Å². The molecule has 1 heterocycles. The highest BCUT2D eigenvalue weighted by Crippen LogP contribution is 2.17. The van der Waals surface area contributed by atoms with E-state index in [1.807, 2.05) is 0 Å². The number of carbonyl (C=O) groups is 1. The van der Waals surface area contributed by atoms with Crippen LogP contribution in [0.15, 0.2) is 21.2 Å². The average molecular weight is 245 g/mol. The van der Waals surface area contributed by atoms with Gasteiger partial charge in [-0.3, -0.25) is 4.79 Å². The van der Waals surface area contributed by atoms with Crippen LogP contribution in [0.4, 0.5) is 0 Å². The Morgan fingerprint density at radius 3 is 2.69 bits per heavy atom. The molecule has 0 saturated heterocycles. The maximum atomic E-state index is 11.4. The van der Waals surface area contributed by atoms with Crippen LogP contribution in [-0.4, -0.2) is 5.78 Å². The minimum Gasteiger partial charge on any atom is -0.446 e. The second-order valence-electron chi connectivity index (χ2n) is 3.46. The van der Waals surface area contributed by atoms with E-state index in [1.54, 1.807) is 12.1 Å². The Morgan fingerprint density at radius 1 is 1.54 bits per heavy atom. The van der Waals surface area contributed by atoms with Gasteiger partial charge in [0.2, 0.25) is 0 Å². The SMILES string of the molecule is CC(C)CCC(=O)c1ccc(Br)o1. The first-order valence-electron chi connectivity index (χ1n) is 4.38. The predicted molar refractivity (Wildman–Crippen MR) is 54.8 cm³/mol. The lowest BCUT2D eigenvalue weighted by Gasteiger charge is -2.00. The van der Waals surface area contributed by atoms with E-state index in [2.05, 4.69) is 29.8 Å². The summed E-state index contributed by atoms with van der Waals surface area (Å²) in [7, 11) is 0. The third-order valence-electron chi connectivity index (χ3n) is 1.80. The lowest BCUT2D eigenvalue weighted by Crippen LogP contribution is -1.99. The normalized spacial score (nSPS) is 10.8. The zero-order chi connectivity index (χ0) is 9.84. The zero-order valence-corrected chi connectivity index (χ0v) is 9.43. The molecule has 72 valence electrons. The number of rotatable bonds is 4. The van der Waals surface area contributed by atoms with Crippen LogP contribution in [0.1, 0.15) is 37.2 Å². The zero-order valence-electron chi connectivity index (χ0n) is 7.84. The van der Waals surface area contributed by atoms with E-state index < -0.39 is 0 Å². The van der Waals surface area contributed by atoms with Crippen molar-refractivity contribution in [1.82, 2.24) is 0 Å². The Morgan fingerprint density at radius 2 is 2.23 bits per heavy atom. The van der Waals surface area contributed by atoms with Crippen LogP contribution >= 0.6 is 15.9 Å². The van der Waals surface area contributed by atoms with Crippen molar-refractivity contribution in [3.05, 3.63) is 22.6 Å². The maximum absolute atomic E-state index is 11.4. The van der Waals surface area contributed by atoms with Crippen molar-refractivity contribution >= 4 is 21.7 Å². The first-order chi connectivity index (χ1) is 6.09. The van der Waals surface area contributed by atoms with E-state index in [4.69, 9.17) is 4.42 Å². The van der Waals surface area contributed by atoms with E-state index in [1.165, 1.54) is 0 Å². The maximum Gasteiger partial charge on any atom is 0.198 e. The summed E-state index contributed by atoms with van der Waals surface area (Å²) >= 11 is 3.16. The molecule has 0 aliphatic heterocycles. The minimum absolute atomic E-state index is 0.0828. The number of carbonyl (C=O) groups excluding carboxylic acids is 1. The predicted octanol–water partition coefficient (Wildman–Crippen LogP) is 3.66. The summed E-state index contributed by atoms with van der Waals surface area (Å²) in [5.41, 5.74) is 0. The molecule has 1 aromatic heterocycles. The molecule has 2 nitrogen and oxygen atoms in total. The summed E-state index contributed by atoms with van der Waals surface area (Å²) in [6.45, 7) is 4.21. The molecular weight excluding hydrogens is 232 g/mol. The van der Waals surface area contributed by atoms with Gasteiger partial charge >= 0.3 is 0 Å². The van der Waals surface area contributed by atoms with Crippen LogP contribution in [-0.2, 0) is 0 Å². The van der Waals surface area contributed by atoms with Crippen molar-refractivity contribution in [3.63, 3.8) is 0 Å². The monoisotopic (exact) mass is 244 g/mol. The van der Waals surface area contributed by atoms with Gasteiger partial charge in [0.25, 0.3) is 0 Å². The van der Waals surface area contributed by atoms with Crippen LogP contribution in [0.25, 0.3) is 0 Å². The van der Waals surface area contributed by atoms with Gasteiger partial charge in [-0.15, -0.1) is 0 Å². The van der Waals surface area contributed by atoms with Gasteiger partial charge in [-0.2, -0.15) is 0 Å². The molecule has 0 saturated carbocycles. The average Bonchev–Trinajstić information content (AvgIpc) is 2.47. The molecule has 0 radical (unpaired) electrons. The molecule has 13 heavy (non-hydrogen) atoms. The molecule has 0 unspecified atom stereocenters. The highest BCUT2D eigenvalue weighted by Gasteiger charge is 2.10. The molecule has 1 rings (SSSR count). The van der Waals surface area contributed by atoms with Gasteiger partial charge in [0.05, 0.1) is 0 Å². The second-order valence-corrected chi connectivity index (χ2v) is 4.24. The van der Waals surface area contributed by atoms with E-state index in [0.717, 1.165) is 6.42 Å². The van der Waals surface area contributed by atoms with Gasteiger partial charge in [0.1, 0.15) is 0 Å². The summed E-state index contributed by atoms with van der Waals surface area (Å²) in [6, 6.07) is 3.44. The summed E-state index contributed by atoms with van der Waals surface area (Å²) in [5.74, 6) is 1.09. The summed E-state index contributed by atoms with van der Waals surface area (Å²) in [5, 5.41) is 0. The third-order valence-corrected chi connectivity index (χ3v) is 2.22. The van der Waals surface area contributed by atoms with Gasteiger partial charge in [-0.25, -0.2) is 0 Å². The number of halogens is 1. The Balaban J connectivity index is 2.49. The van der Waals surface area contributed by atoms with Crippen molar-refractivity contribution < 1.29 is 9.21 Å². The topological polar surface area (TPSA) is 30.2 Å². The molecule has 0 aromatic carbocycles. The van der Waals surface area contributed by atoms with Gasteiger partial charge in [0, 0.05) is 6.42 Å². The molecule has 0 fully saturated rings. The summed E-state index contributed by atoms with van der Waals surface area (Å²) < 4.78 is 5.76. The molecule has 3 heteroatoms. The summed E-state index contributed by atoms with van der Waals surface area (Å²) in [6.07, 6.45) is 1.48. The fraction of sp³-hybridized carbons (Fsp3) is 0.500. The number of Topliss-reactive ketones (excluding diaryl/α,β-unsaturated/α-hetero) is 1. The lowest BCUT2D eigenvalue weighted by molar-refractivity contribution is 0.0947. The van der Waals surface area contributed by atoms with Crippen LogP contribution in [0.2, 0.25) is 0 Å². The van der Waals surface area contributed by atoms with Crippen molar-refractivity contribution in [2.75, 3.05) is 0 Å². The highest BCUT2D eigenvalue weighted by atomic mass is 79.9. The van der Waals surface area contributed by atoms with Crippen LogP contribution < -0.4 is 0 Å². The standard InChI is InChI=1S/C10H13BrO2/c1-7(2)3-4-8(12)9-5-6-10(11)13-9/h5-7H,3-4H2,1-2H3. The first-order valence-corrected chi connectivity index (χ1v) is 5.17. The lowest BCUT2D eigenvalue weighted by atomic mass is 10.1. The van der Waals surface area contributed by atoms with Gasteiger partial charge in [0.15, 0.2) is 16.2 Å². The Bertz CT molecular complexity index is 289. The molecule has 0 spiro atoms. The van der Waals surface area contributed by atoms with E-state index >= 15 is 0 Å². The number of hydrogen-bond donors (Lipinski definition) is 0. The molecule has 0 aliphatic rings. The molecular formula is C10H13BrO2. The quantitative estimate of drug-likeness (QED) is 0.757. The number of ketones is 1. The number of furan rings is 1. The smallest absolute Gasteiger partial charge is 0.198 e. The van der Waals surface area contributed by atoms with Crippen molar-refractivity contribution in [2.24, 2.45) is 5.92 Å². The molecule has 0 aliphatic carbocycles. The second kappa shape index (κ2) is 4.61. The van der Waals surface area contributed by atoms with Crippen LogP contribution in [0, 0.1) is 5.92 Å². The largest absolute Gasteiger partial charge is 0.446 e. The van der Waals surface area contributed by atoms with Crippen LogP contribution in [0.5, 0.6) is 0 Å². The van der Waals surface area contributed by atoms with Gasteiger partial charge in [-0.1, -0.05) is 13.8 Å². The van der Waals surface area contributed by atoms with E-state index in [9.17, 15) is 4.79 Å². The Kier molecular flexibility index (Phi) is 3.72. The fourth-order valence-corrected chi connectivity index (χ4v) is 1.31. The third kappa shape index (κ3) is 3.35. The minimum atomic E-state index is 0.0828. The van der Waals surface area contributed by atoms with Gasteiger partial charge < -0.3 is 4.42 Å². The molecule has 0 atom stereocenters. The Hall–Kier alpha value is -0.570. The Labute approximate surface area is 86.4 Å². The highest BCUT2D eigenvalue weighted by molar-refractivity contribution is 9.10. The van der Waals surface area contributed by atoms with Crippen LogP contribution in [0.3, 0.4) is 0 Å². The van der Waals surface area contributed by atoms with Crippen molar-refractivity contribution in [3.8, 4) is 0 Å². The molecule has 0 amide bonds. The number of hydrogen-bond acceptors (Lipinski definition) is 2. The summed E-state index contributed by atoms with van der Waals surface area (Å²) in [4.78, 5) is 11.4. The molecule has 0 bridgehead atoms. The van der Waals surface area contributed by atoms with Crippen molar-refractivity contribution in [2.45, 2.75) is 26.7 Å². The fourth-order valence-electron chi connectivity index (χ4n) is 1.01. The first kappa shape index (κ1) is 10.5.